The van der Waals surface area contributed by atoms with Crippen LogP contribution in [0.15, 0.2) is 0 Å². The molecule has 9 nitrogen and oxygen atoms in total. The number of carbonyl (C=O) groups excluding carboxylic acids is 2. The van der Waals surface area contributed by atoms with Crippen molar-refractivity contribution in [3.05, 3.63) is 0 Å². The molecule has 0 aromatic carbocycles. The van der Waals surface area contributed by atoms with E-state index >= 15 is 0 Å². The largest absolute Gasteiger partial charge is 0.481 e. The summed E-state index contributed by atoms with van der Waals surface area (Å²) >= 11 is 0. The van der Waals surface area contributed by atoms with Crippen LogP contribution in [-0.2, 0) is 29.2 Å². The molecule has 0 rings (SSSR count). The maximum atomic E-state index is 13.1. The first-order chi connectivity index (χ1) is 13.9. The Bertz CT molecular complexity index is 744. The fourth-order valence-electron chi connectivity index (χ4n) is 3.29. The van der Waals surface area contributed by atoms with Crippen LogP contribution in [-0.4, -0.2) is 53.8 Å². The van der Waals surface area contributed by atoms with Gasteiger partial charge in [0.25, 0.3) is 10.1 Å². The number of nitrogens with one attached hydrogen (secondary N) is 1. The molecule has 0 fully saturated rings. The molecule has 0 heterocycles. The van der Waals surface area contributed by atoms with Gasteiger partial charge in [-0.15, -0.1) is 0 Å². The molecule has 0 saturated carbocycles. The number of carboxylic acid groups (broad SMARTS) is 1. The number of hydrogen-bond donors (Lipinski definition) is 3. The van der Waals surface area contributed by atoms with E-state index in [2.05, 4.69) is 5.32 Å². The SMILES string of the molecule is CCCCOC(=O)C(C)(CC)CC(CC(C)(C)C(=O)O)C(=O)NC(C)(C)CS(=O)(=O)O. The Hall–Kier alpha value is -1.68. The van der Waals surface area contributed by atoms with E-state index in [9.17, 15) is 27.9 Å². The minimum absolute atomic E-state index is 0.0406. The van der Waals surface area contributed by atoms with Crippen molar-refractivity contribution in [3.8, 4) is 0 Å². The maximum Gasteiger partial charge on any atom is 0.311 e. The van der Waals surface area contributed by atoms with E-state index in [1.165, 1.54) is 27.7 Å². The third kappa shape index (κ3) is 10.5. The summed E-state index contributed by atoms with van der Waals surface area (Å²) in [5.41, 5.74) is -3.56. The molecule has 0 aliphatic carbocycles. The average Bonchev–Trinajstić information content (AvgIpc) is 2.58. The zero-order valence-electron chi connectivity index (χ0n) is 19.8. The number of unbranched alkanes of at least 4 members (excludes halogenated alkanes) is 1. The number of rotatable bonds is 14. The minimum atomic E-state index is -4.35. The van der Waals surface area contributed by atoms with Gasteiger partial charge in [-0.2, -0.15) is 8.42 Å². The predicted octanol–water partition coefficient (Wildman–Crippen LogP) is 3.04. The topological polar surface area (TPSA) is 147 Å². The first-order valence-corrected chi connectivity index (χ1v) is 12.2. The van der Waals surface area contributed by atoms with Gasteiger partial charge < -0.3 is 15.2 Å². The van der Waals surface area contributed by atoms with E-state index in [0.717, 1.165) is 6.42 Å². The molecule has 0 aliphatic heterocycles. The van der Waals surface area contributed by atoms with Crippen molar-refractivity contribution in [2.45, 2.75) is 86.1 Å². The molecule has 3 N–H and O–H groups in total. The molecular weight excluding hydrogens is 426 g/mol. The lowest BCUT2D eigenvalue weighted by molar-refractivity contribution is -0.157. The number of aliphatic carboxylic acids is 1. The molecule has 1 amide bonds. The van der Waals surface area contributed by atoms with E-state index in [1.54, 1.807) is 13.8 Å². The third-order valence-corrected chi connectivity index (χ3v) is 6.50. The highest BCUT2D eigenvalue weighted by molar-refractivity contribution is 7.85. The molecule has 10 heteroatoms. The summed E-state index contributed by atoms with van der Waals surface area (Å²) in [6.07, 6.45) is 1.93. The lowest BCUT2D eigenvalue weighted by Crippen LogP contribution is -2.51. The van der Waals surface area contributed by atoms with Gasteiger partial charge in [0.05, 0.1) is 28.7 Å². The molecule has 182 valence electrons. The average molecular weight is 466 g/mol. The Morgan fingerprint density at radius 1 is 1.03 bits per heavy atom. The quantitative estimate of drug-likeness (QED) is 0.201. The summed E-state index contributed by atoms with van der Waals surface area (Å²) in [5.74, 6) is -3.72. The molecule has 0 aromatic rings. The van der Waals surface area contributed by atoms with E-state index < -0.39 is 56.0 Å². The number of carbonyl (C=O) groups is 3. The second-order valence-electron chi connectivity index (χ2n) is 9.80. The van der Waals surface area contributed by atoms with Crippen LogP contribution in [0.2, 0.25) is 0 Å². The third-order valence-electron chi connectivity index (χ3n) is 5.41. The number of ether oxygens (including phenoxy) is 1. The van der Waals surface area contributed by atoms with Gasteiger partial charge in [-0.05, 0) is 60.3 Å². The Morgan fingerprint density at radius 3 is 2.00 bits per heavy atom. The van der Waals surface area contributed by atoms with Gasteiger partial charge in [0.15, 0.2) is 0 Å². The summed E-state index contributed by atoms with van der Waals surface area (Å²) < 4.78 is 37.1. The summed E-state index contributed by atoms with van der Waals surface area (Å²) in [4.78, 5) is 37.5. The van der Waals surface area contributed by atoms with Crippen LogP contribution < -0.4 is 5.32 Å². The normalized spacial score (nSPS) is 15.6. The number of hydrogen-bond acceptors (Lipinski definition) is 6. The number of amides is 1. The lowest BCUT2D eigenvalue weighted by atomic mass is 9.72. The van der Waals surface area contributed by atoms with Crippen molar-refractivity contribution >= 4 is 28.0 Å². The monoisotopic (exact) mass is 465 g/mol. The minimum Gasteiger partial charge on any atom is -0.481 e. The van der Waals surface area contributed by atoms with Crippen molar-refractivity contribution < 1.29 is 37.2 Å². The first kappa shape index (κ1) is 29.3. The smallest absolute Gasteiger partial charge is 0.311 e. The van der Waals surface area contributed by atoms with Crippen molar-refractivity contribution in [1.29, 1.82) is 0 Å². The Balaban J connectivity index is 5.80. The molecule has 31 heavy (non-hydrogen) atoms. The highest BCUT2D eigenvalue weighted by Crippen LogP contribution is 2.37. The van der Waals surface area contributed by atoms with Crippen LogP contribution in [0, 0.1) is 16.7 Å². The van der Waals surface area contributed by atoms with Gasteiger partial charge in [0.1, 0.15) is 0 Å². The highest BCUT2D eigenvalue weighted by Gasteiger charge is 2.42. The molecule has 0 radical (unpaired) electrons. The Morgan fingerprint density at radius 2 is 1.58 bits per heavy atom. The number of carboxylic acids is 1. The predicted molar refractivity (Wildman–Crippen MR) is 117 cm³/mol. The van der Waals surface area contributed by atoms with Gasteiger partial charge in [0, 0.05) is 5.92 Å². The molecule has 0 saturated heterocycles. The number of esters is 1. The van der Waals surface area contributed by atoms with Crippen LogP contribution in [0.1, 0.15) is 80.6 Å². The molecule has 2 atom stereocenters. The van der Waals surface area contributed by atoms with Crippen LogP contribution in [0.25, 0.3) is 0 Å². The molecule has 0 aliphatic rings. The highest BCUT2D eigenvalue weighted by atomic mass is 32.2. The van der Waals surface area contributed by atoms with Gasteiger partial charge in [-0.3, -0.25) is 18.9 Å². The van der Waals surface area contributed by atoms with Crippen LogP contribution in [0.3, 0.4) is 0 Å². The Labute approximate surface area is 186 Å². The first-order valence-electron chi connectivity index (χ1n) is 10.6. The molecular formula is C21H39NO8S. The van der Waals surface area contributed by atoms with Crippen molar-refractivity contribution in [2.75, 3.05) is 12.4 Å². The lowest BCUT2D eigenvalue weighted by Gasteiger charge is -2.35. The zero-order chi connectivity index (χ0) is 24.7. The second-order valence-corrected chi connectivity index (χ2v) is 11.2. The van der Waals surface area contributed by atoms with Crippen molar-refractivity contribution in [2.24, 2.45) is 16.7 Å². The van der Waals surface area contributed by atoms with E-state index in [0.29, 0.717) is 12.8 Å². The summed E-state index contributed by atoms with van der Waals surface area (Å²) in [7, 11) is -4.35. The second kappa shape index (κ2) is 11.3. The zero-order valence-corrected chi connectivity index (χ0v) is 20.6. The standard InChI is InChI=1S/C21H39NO8S/c1-8-10-11-30-18(26)21(7,9-2)13-15(12-19(3,4)17(24)25)16(23)22-20(5,6)14-31(27,28)29/h15H,8-14H2,1-7H3,(H,22,23)(H,24,25)(H,27,28,29). The van der Waals surface area contributed by atoms with Crippen molar-refractivity contribution in [1.82, 2.24) is 5.32 Å². The molecule has 0 aromatic heterocycles. The van der Waals surface area contributed by atoms with Crippen LogP contribution in [0.4, 0.5) is 0 Å². The van der Waals surface area contributed by atoms with E-state index in [-0.39, 0.29) is 19.4 Å². The fraction of sp³-hybridized carbons (Fsp3) is 0.857. The molecule has 2 unspecified atom stereocenters. The maximum absolute atomic E-state index is 13.1. The Kier molecular flexibility index (Phi) is 10.7. The van der Waals surface area contributed by atoms with Crippen LogP contribution in [0.5, 0.6) is 0 Å². The van der Waals surface area contributed by atoms with Gasteiger partial charge >= 0.3 is 11.9 Å². The van der Waals surface area contributed by atoms with E-state index in [4.69, 9.17) is 9.29 Å². The summed E-state index contributed by atoms with van der Waals surface area (Å²) in [5, 5.41) is 12.1. The van der Waals surface area contributed by atoms with Crippen molar-refractivity contribution in [3.63, 3.8) is 0 Å². The summed E-state index contributed by atoms with van der Waals surface area (Å²) in [6.45, 7) is 11.6. The fourth-order valence-corrected chi connectivity index (χ4v) is 4.27. The van der Waals surface area contributed by atoms with Crippen LogP contribution >= 0.6 is 0 Å². The van der Waals surface area contributed by atoms with Gasteiger partial charge in [-0.25, -0.2) is 0 Å². The van der Waals surface area contributed by atoms with E-state index in [1.807, 2.05) is 6.92 Å². The summed E-state index contributed by atoms with van der Waals surface area (Å²) in [6, 6.07) is 0. The molecule has 0 spiro atoms. The molecule has 0 bridgehead atoms. The van der Waals surface area contributed by atoms with Gasteiger partial charge in [-0.1, -0.05) is 20.3 Å². The van der Waals surface area contributed by atoms with Gasteiger partial charge in [0.2, 0.25) is 5.91 Å².